The first-order valence-electron chi connectivity index (χ1n) is 12.1. The Hall–Kier alpha value is -4.16. The SMILES string of the molecule is CNC(=O)Nc1ccc2c(c1)CCC[C@@]21OC(=O)N(CC(=O)N(Cc2ccc(F)cc2)C(C)C(F)(F)F)C1=O. The average Bonchev–Trinajstić information content (AvgIpc) is 3.11. The predicted octanol–water partition coefficient (Wildman–Crippen LogP) is 4.07. The first kappa shape index (κ1) is 27.9. The number of carbonyl (C=O) groups excluding carboxylic acids is 4. The lowest BCUT2D eigenvalue weighted by Crippen LogP contribution is -2.51. The van der Waals surface area contributed by atoms with Crippen molar-refractivity contribution in [2.75, 3.05) is 18.9 Å². The molecule has 2 aliphatic rings. The molecule has 1 aliphatic heterocycles. The largest absolute Gasteiger partial charge is 0.427 e. The van der Waals surface area contributed by atoms with Gasteiger partial charge in [0, 0.05) is 31.3 Å². The van der Waals surface area contributed by atoms with Gasteiger partial charge in [0.15, 0.2) is 0 Å². The van der Waals surface area contributed by atoms with Gasteiger partial charge in [0.25, 0.3) is 5.91 Å². The van der Waals surface area contributed by atoms with Crippen LogP contribution in [0.1, 0.15) is 36.5 Å². The molecule has 1 aliphatic carbocycles. The first-order chi connectivity index (χ1) is 18.4. The standard InChI is InChI=1S/C26H26F4N4O5/c1-15(26(28,29)30)33(13-16-5-7-18(27)8-6-16)21(35)14-34-22(36)25(39-24(34)38)11-3-4-17-12-19(9-10-20(17)25)32-23(37)31-2/h5-10,12,15H,3-4,11,13-14H2,1-2H3,(H2,31,32,37)/t15?,25-/m1/s1. The molecule has 5 amide bonds. The van der Waals surface area contributed by atoms with E-state index in [-0.39, 0.29) is 12.0 Å². The van der Waals surface area contributed by atoms with Crippen LogP contribution < -0.4 is 10.6 Å². The second-order valence-corrected chi connectivity index (χ2v) is 9.38. The van der Waals surface area contributed by atoms with Crippen LogP contribution in [0.25, 0.3) is 0 Å². The summed E-state index contributed by atoms with van der Waals surface area (Å²) >= 11 is 0. The van der Waals surface area contributed by atoms with Crippen molar-refractivity contribution in [2.45, 2.75) is 50.6 Å². The van der Waals surface area contributed by atoms with Gasteiger partial charge < -0.3 is 20.3 Å². The summed E-state index contributed by atoms with van der Waals surface area (Å²) < 4.78 is 59.7. The van der Waals surface area contributed by atoms with Crippen LogP contribution in [0, 0.1) is 5.82 Å². The van der Waals surface area contributed by atoms with Crippen LogP contribution in [0.15, 0.2) is 42.5 Å². The van der Waals surface area contributed by atoms with Crippen LogP contribution >= 0.6 is 0 Å². The molecule has 2 N–H and O–H groups in total. The molecular weight excluding hydrogens is 524 g/mol. The van der Waals surface area contributed by atoms with Crippen molar-refractivity contribution in [3.05, 3.63) is 65.0 Å². The molecule has 0 aromatic heterocycles. The number of anilines is 1. The van der Waals surface area contributed by atoms with Crippen molar-refractivity contribution in [2.24, 2.45) is 0 Å². The summed E-state index contributed by atoms with van der Waals surface area (Å²) in [7, 11) is 1.45. The molecule has 0 saturated carbocycles. The Morgan fingerprint density at radius 2 is 1.85 bits per heavy atom. The normalized spacial score (nSPS) is 19.4. The fraction of sp³-hybridized carbons (Fsp3) is 0.385. The van der Waals surface area contributed by atoms with Crippen LogP contribution in [0.2, 0.25) is 0 Å². The van der Waals surface area contributed by atoms with Gasteiger partial charge in [-0.1, -0.05) is 18.2 Å². The lowest BCUT2D eigenvalue weighted by molar-refractivity contribution is -0.187. The monoisotopic (exact) mass is 550 g/mol. The lowest BCUT2D eigenvalue weighted by Gasteiger charge is -2.33. The minimum atomic E-state index is -4.80. The van der Waals surface area contributed by atoms with Gasteiger partial charge in [0.05, 0.1) is 0 Å². The lowest BCUT2D eigenvalue weighted by atomic mass is 9.78. The number of benzene rings is 2. The van der Waals surface area contributed by atoms with Gasteiger partial charge >= 0.3 is 18.3 Å². The van der Waals surface area contributed by atoms with Crippen LogP contribution in [-0.2, 0) is 32.9 Å². The van der Waals surface area contributed by atoms with Gasteiger partial charge in [0.1, 0.15) is 18.4 Å². The Labute approximate surface area is 221 Å². The van der Waals surface area contributed by atoms with Crippen molar-refractivity contribution in [3.63, 3.8) is 0 Å². The highest BCUT2D eigenvalue weighted by atomic mass is 19.4. The third-order valence-electron chi connectivity index (χ3n) is 6.89. The van der Waals surface area contributed by atoms with E-state index in [1.807, 2.05) is 0 Å². The summed E-state index contributed by atoms with van der Waals surface area (Å²) in [6.45, 7) is -0.701. The number of fused-ring (bicyclic) bond motifs is 2. The molecule has 39 heavy (non-hydrogen) atoms. The van der Waals surface area contributed by atoms with Gasteiger partial charge in [-0.15, -0.1) is 0 Å². The fourth-order valence-corrected chi connectivity index (χ4v) is 4.77. The van der Waals surface area contributed by atoms with Crippen molar-refractivity contribution >= 4 is 29.6 Å². The number of hydrogen-bond donors (Lipinski definition) is 2. The number of imide groups is 1. The minimum absolute atomic E-state index is 0.121. The van der Waals surface area contributed by atoms with Crippen molar-refractivity contribution in [3.8, 4) is 0 Å². The first-order valence-corrected chi connectivity index (χ1v) is 12.1. The third-order valence-corrected chi connectivity index (χ3v) is 6.89. The zero-order chi connectivity index (χ0) is 28.5. The van der Waals surface area contributed by atoms with Crippen molar-refractivity contribution in [1.82, 2.24) is 15.1 Å². The average molecular weight is 551 g/mol. The molecule has 1 spiro atoms. The maximum atomic E-state index is 13.6. The molecule has 0 bridgehead atoms. The summed E-state index contributed by atoms with van der Waals surface area (Å²) in [5.41, 5.74) is -0.0144. The summed E-state index contributed by atoms with van der Waals surface area (Å²) in [4.78, 5) is 52.2. The number of amides is 5. The maximum Gasteiger partial charge on any atom is 0.418 e. The molecule has 1 heterocycles. The van der Waals surface area contributed by atoms with E-state index in [2.05, 4.69) is 10.6 Å². The number of alkyl halides is 3. The zero-order valence-corrected chi connectivity index (χ0v) is 21.1. The van der Waals surface area contributed by atoms with Crippen LogP contribution in [0.3, 0.4) is 0 Å². The number of urea groups is 1. The second kappa shape index (κ2) is 10.5. The van der Waals surface area contributed by atoms with Gasteiger partial charge in [-0.25, -0.2) is 18.9 Å². The number of nitrogens with zero attached hydrogens (tertiary/aromatic N) is 2. The molecule has 208 valence electrons. The smallest absolute Gasteiger partial charge is 0.418 e. The topological polar surface area (TPSA) is 108 Å². The Balaban J connectivity index is 1.59. The summed E-state index contributed by atoms with van der Waals surface area (Å²) in [6, 6.07) is 6.62. The maximum absolute atomic E-state index is 13.6. The molecule has 2 aromatic carbocycles. The number of rotatable bonds is 6. The number of ether oxygens (including phenoxy) is 1. The van der Waals surface area contributed by atoms with Crippen LogP contribution in [-0.4, -0.2) is 59.5 Å². The van der Waals surface area contributed by atoms with E-state index in [1.54, 1.807) is 12.1 Å². The number of hydrogen-bond acceptors (Lipinski definition) is 5. The van der Waals surface area contributed by atoms with E-state index >= 15 is 0 Å². The van der Waals surface area contributed by atoms with Gasteiger partial charge in [-0.05, 0) is 55.2 Å². The number of nitrogens with one attached hydrogen (secondary N) is 2. The molecule has 0 radical (unpaired) electrons. The van der Waals surface area contributed by atoms with Gasteiger partial charge in [-0.3, -0.25) is 9.59 Å². The highest BCUT2D eigenvalue weighted by Crippen LogP contribution is 2.44. The summed E-state index contributed by atoms with van der Waals surface area (Å²) in [6.07, 6.45) is -4.85. The molecule has 2 atom stereocenters. The summed E-state index contributed by atoms with van der Waals surface area (Å²) in [5, 5.41) is 5.04. The molecule has 2 aromatic rings. The van der Waals surface area contributed by atoms with E-state index in [0.717, 1.165) is 19.1 Å². The number of halogens is 4. The zero-order valence-electron chi connectivity index (χ0n) is 21.1. The Bertz CT molecular complexity index is 1300. The number of carbonyl (C=O) groups is 4. The second-order valence-electron chi connectivity index (χ2n) is 9.38. The predicted molar refractivity (Wildman–Crippen MR) is 130 cm³/mol. The molecule has 1 saturated heterocycles. The Morgan fingerprint density at radius 3 is 2.49 bits per heavy atom. The van der Waals surface area contributed by atoms with E-state index in [4.69, 9.17) is 4.74 Å². The highest BCUT2D eigenvalue weighted by molar-refractivity contribution is 6.06. The van der Waals surface area contributed by atoms with E-state index in [9.17, 15) is 36.7 Å². The van der Waals surface area contributed by atoms with Gasteiger partial charge in [0.2, 0.25) is 11.5 Å². The molecule has 9 nitrogen and oxygen atoms in total. The van der Waals surface area contributed by atoms with E-state index in [0.29, 0.717) is 39.5 Å². The third kappa shape index (κ3) is 5.52. The molecule has 1 fully saturated rings. The van der Waals surface area contributed by atoms with Crippen LogP contribution in [0.4, 0.5) is 32.8 Å². The van der Waals surface area contributed by atoms with E-state index < -0.39 is 60.7 Å². The Kier molecular flexibility index (Phi) is 7.53. The highest BCUT2D eigenvalue weighted by Gasteiger charge is 2.57. The van der Waals surface area contributed by atoms with Crippen molar-refractivity contribution < 1.29 is 41.5 Å². The van der Waals surface area contributed by atoms with Gasteiger partial charge in [-0.2, -0.15) is 13.2 Å². The summed E-state index contributed by atoms with van der Waals surface area (Å²) in [5.74, 6) is -2.58. The minimum Gasteiger partial charge on any atom is -0.427 e. The Morgan fingerprint density at radius 1 is 1.15 bits per heavy atom. The van der Waals surface area contributed by atoms with E-state index in [1.165, 1.54) is 25.2 Å². The molecule has 4 rings (SSSR count). The quantitative estimate of drug-likeness (QED) is 0.528. The number of aryl methyl sites for hydroxylation is 1. The van der Waals surface area contributed by atoms with Crippen LogP contribution in [0.5, 0.6) is 0 Å². The van der Waals surface area contributed by atoms with Crippen molar-refractivity contribution in [1.29, 1.82) is 0 Å². The molecule has 1 unspecified atom stereocenters. The molecular formula is C26H26F4N4O5. The fourth-order valence-electron chi connectivity index (χ4n) is 4.77. The molecule has 13 heteroatoms.